The Hall–Kier alpha value is -2.10. The Morgan fingerprint density at radius 1 is 1.35 bits per heavy atom. The van der Waals surface area contributed by atoms with E-state index in [1.807, 2.05) is 35.2 Å². The average Bonchev–Trinajstić information content (AvgIpc) is 3.02. The molecular formula is C16H17NO3. The first kappa shape index (κ1) is 12.9. The summed E-state index contributed by atoms with van der Waals surface area (Å²) in [5.74, 6) is -1.04. The summed E-state index contributed by atoms with van der Waals surface area (Å²) in [7, 11) is 0. The van der Waals surface area contributed by atoms with Crippen molar-refractivity contribution >= 4 is 11.9 Å². The van der Waals surface area contributed by atoms with E-state index in [0.717, 1.165) is 17.5 Å². The van der Waals surface area contributed by atoms with Gasteiger partial charge in [-0.2, -0.15) is 0 Å². The summed E-state index contributed by atoms with van der Waals surface area (Å²) in [4.78, 5) is 24.9. The van der Waals surface area contributed by atoms with Gasteiger partial charge >= 0.3 is 5.97 Å². The van der Waals surface area contributed by atoms with E-state index in [1.54, 1.807) is 6.92 Å². The van der Waals surface area contributed by atoms with Crippen LogP contribution in [0.15, 0.2) is 36.4 Å². The van der Waals surface area contributed by atoms with Gasteiger partial charge in [0.05, 0.1) is 17.9 Å². The zero-order chi connectivity index (χ0) is 14.3. The van der Waals surface area contributed by atoms with Gasteiger partial charge in [0.1, 0.15) is 0 Å². The van der Waals surface area contributed by atoms with Crippen LogP contribution in [0.4, 0.5) is 0 Å². The first-order valence-corrected chi connectivity index (χ1v) is 6.86. The molecule has 0 spiro atoms. The number of hydrogen-bond donors (Lipinski definition) is 1. The van der Waals surface area contributed by atoms with Crippen molar-refractivity contribution in [1.29, 1.82) is 0 Å². The minimum Gasteiger partial charge on any atom is -0.481 e. The van der Waals surface area contributed by atoms with E-state index >= 15 is 0 Å². The summed E-state index contributed by atoms with van der Waals surface area (Å²) in [5, 5.41) is 8.98. The summed E-state index contributed by atoms with van der Waals surface area (Å²) in [6, 6.07) is 7.74. The SMILES string of the molecule is CC(C(=O)O)c1ccc(CN2C(=O)C3C=CC2C3)cc1. The summed E-state index contributed by atoms with van der Waals surface area (Å²) in [6.07, 6.45) is 5.01. The second-order valence-corrected chi connectivity index (χ2v) is 5.56. The molecule has 1 aliphatic heterocycles. The van der Waals surface area contributed by atoms with Crippen molar-refractivity contribution in [2.24, 2.45) is 5.92 Å². The van der Waals surface area contributed by atoms with Gasteiger partial charge in [0.25, 0.3) is 0 Å². The Morgan fingerprint density at radius 3 is 2.60 bits per heavy atom. The zero-order valence-electron chi connectivity index (χ0n) is 11.3. The number of likely N-dealkylation sites (tertiary alicyclic amines) is 1. The fourth-order valence-corrected chi connectivity index (χ4v) is 2.92. The van der Waals surface area contributed by atoms with E-state index in [4.69, 9.17) is 5.11 Å². The quantitative estimate of drug-likeness (QED) is 0.854. The average molecular weight is 271 g/mol. The molecule has 0 aromatic heterocycles. The third-order valence-corrected chi connectivity index (χ3v) is 4.26. The van der Waals surface area contributed by atoms with Crippen molar-refractivity contribution in [2.75, 3.05) is 0 Å². The number of carbonyl (C=O) groups is 2. The molecule has 4 nitrogen and oxygen atoms in total. The summed E-state index contributed by atoms with van der Waals surface area (Å²) in [6.45, 7) is 2.27. The predicted octanol–water partition coefficient (Wildman–Crippen LogP) is 2.16. The van der Waals surface area contributed by atoms with Gasteiger partial charge in [0.15, 0.2) is 0 Å². The van der Waals surface area contributed by atoms with Crippen LogP contribution in [0.1, 0.15) is 30.4 Å². The van der Waals surface area contributed by atoms with Crippen LogP contribution >= 0.6 is 0 Å². The second kappa shape index (κ2) is 4.78. The number of carboxylic acids is 1. The van der Waals surface area contributed by atoms with Crippen molar-refractivity contribution < 1.29 is 14.7 Å². The minimum atomic E-state index is -0.824. The molecule has 4 heteroatoms. The van der Waals surface area contributed by atoms with E-state index in [2.05, 4.69) is 6.08 Å². The van der Waals surface area contributed by atoms with Gasteiger partial charge < -0.3 is 10.0 Å². The topological polar surface area (TPSA) is 57.6 Å². The van der Waals surface area contributed by atoms with Gasteiger partial charge in [0.2, 0.25) is 5.91 Å². The van der Waals surface area contributed by atoms with Crippen LogP contribution in [0, 0.1) is 5.92 Å². The monoisotopic (exact) mass is 271 g/mol. The maximum Gasteiger partial charge on any atom is 0.310 e. The molecule has 1 amide bonds. The molecule has 20 heavy (non-hydrogen) atoms. The fraction of sp³-hybridized carbons (Fsp3) is 0.375. The van der Waals surface area contributed by atoms with Gasteiger partial charge in [-0.05, 0) is 24.5 Å². The molecule has 1 aromatic rings. The van der Waals surface area contributed by atoms with Crippen LogP contribution in [0.5, 0.6) is 0 Å². The highest BCUT2D eigenvalue weighted by molar-refractivity contribution is 5.85. The minimum absolute atomic E-state index is 0.0753. The Morgan fingerprint density at radius 2 is 2.05 bits per heavy atom. The van der Waals surface area contributed by atoms with Crippen LogP contribution in [0.2, 0.25) is 0 Å². The van der Waals surface area contributed by atoms with Gasteiger partial charge in [-0.3, -0.25) is 9.59 Å². The van der Waals surface area contributed by atoms with Crippen LogP contribution in [0.3, 0.4) is 0 Å². The largest absolute Gasteiger partial charge is 0.481 e. The predicted molar refractivity (Wildman–Crippen MR) is 74.1 cm³/mol. The normalized spacial score (nSPS) is 25.2. The Balaban J connectivity index is 1.71. The zero-order valence-corrected chi connectivity index (χ0v) is 11.3. The number of aliphatic carboxylic acids is 1. The number of rotatable bonds is 4. The van der Waals surface area contributed by atoms with Crippen LogP contribution in [-0.4, -0.2) is 27.9 Å². The van der Waals surface area contributed by atoms with E-state index in [1.165, 1.54) is 0 Å². The lowest BCUT2D eigenvalue weighted by molar-refractivity contribution is -0.138. The van der Waals surface area contributed by atoms with Crippen molar-refractivity contribution in [1.82, 2.24) is 4.90 Å². The highest BCUT2D eigenvalue weighted by Gasteiger charge is 2.40. The van der Waals surface area contributed by atoms with Crippen molar-refractivity contribution in [3.63, 3.8) is 0 Å². The maximum absolute atomic E-state index is 12.0. The lowest BCUT2D eigenvalue weighted by Crippen LogP contribution is -2.34. The molecule has 3 atom stereocenters. The molecule has 2 bridgehead atoms. The first-order chi connectivity index (χ1) is 9.56. The Labute approximate surface area is 117 Å². The van der Waals surface area contributed by atoms with Gasteiger partial charge in [0, 0.05) is 6.54 Å². The lowest BCUT2D eigenvalue weighted by Gasteiger charge is -2.24. The van der Waals surface area contributed by atoms with E-state index in [0.29, 0.717) is 6.54 Å². The van der Waals surface area contributed by atoms with Crippen LogP contribution < -0.4 is 0 Å². The van der Waals surface area contributed by atoms with E-state index in [-0.39, 0.29) is 17.9 Å². The number of fused-ring (bicyclic) bond motifs is 2. The Bertz CT molecular complexity index is 576. The molecule has 3 rings (SSSR count). The summed E-state index contributed by atoms with van der Waals surface area (Å²) in [5.41, 5.74) is 1.83. The van der Waals surface area contributed by atoms with Gasteiger partial charge in [-0.15, -0.1) is 0 Å². The van der Waals surface area contributed by atoms with Crippen LogP contribution in [-0.2, 0) is 16.1 Å². The van der Waals surface area contributed by atoms with E-state index < -0.39 is 11.9 Å². The maximum atomic E-state index is 12.0. The molecule has 1 aliphatic carbocycles. The third kappa shape index (κ3) is 2.11. The molecule has 1 saturated heterocycles. The van der Waals surface area contributed by atoms with Crippen molar-refractivity contribution in [2.45, 2.75) is 31.8 Å². The molecule has 2 aliphatic rings. The first-order valence-electron chi connectivity index (χ1n) is 6.86. The number of benzene rings is 1. The molecule has 1 heterocycles. The molecular weight excluding hydrogens is 254 g/mol. The molecule has 3 unspecified atom stereocenters. The number of amides is 1. The highest BCUT2D eigenvalue weighted by atomic mass is 16.4. The lowest BCUT2D eigenvalue weighted by atomic mass is 10.00. The van der Waals surface area contributed by atoms with Gasteiger partial charge in [-0.25, -0.2) is 0 Å². The number of nitrogens with zero attached hydrogens (tertiary/aromatic N) is 1. The van der Waals surface area contributed by atoms with Crippen molar-refractivity contribution in [3.8, 4) is 0 Å². The number of carbonyl (C=O) groups excluding carboxylic acids is 1. The third-order valence-electron chi connectivity index (χ3n) is 4.26. The smallest absolute Gasteiger partial charge is 0.310 e. The van der Waals surface area contributed by atoms with Gasteiger partial charge in [-0.1, -0.05) is 36.4 Å². The molecule has 1 fully saturated rings. The molecule has 1 N–H and O–H groups in total. The number of carboxylic acid groups (broad SMARTS) is 1. The molecule has 0 saturated carbocycles. The second-order valence-electron chi connectivity index (χ2n) is 5.56. The van der Waals surface area contributed by atoms with Crippen molar-refractivity contribution in [3.05, 3.63) is 47.5 Å². The highest BCUT2D eigenvalue weighted by Crippen LogP contribution is 2.33. The number of hydrogen-bond acceptors (Lipinski definition) is 2. The Kier molecular flexibility index (Phi) is 3.08. The molecule has 1 aromatic carbocycles. The molecule has 0 radical (unpaired) electrons. The summed E-state index contributed by atoms with van der Waals surface area (Å²) >= 11 is 0. The van der Waals surface area contributed by atoms with Crippen LogP contribution in [0.25, 0.3) is 0 Å². The van der Waals surface area contributed by atoms with E-state index in [9.17, 15) is 9.59 Å². The summed E-state index contributed by atoms with van der Waals surface area (Å²) < 4.78 is 0. The fourth-order valence-electron chi connectivity index (χ4n) is 2.92. The standard InChI is InChI=1S/C16H17NO3/c1-10(16(19)20)12-4-2-11(3-5-12)9-17-14-7-6-13(8-14)15(17)18/h2-7,10,13-14H,8-9H2,1H3,(H,19,20). The molecule has 104 valence electrons.